The monoisotopic (exact) mass is 654 g/mol. The molecule has 0 saturated heterocycles. The molecule has 0 saturated carbocycles. The van der Waals surface area contributed by atoms with Gasteiger partial charge in [0.25, 0.3) is 0 Å². The highest BCUT2D eigenvalue weighted by molar-refractivity contribution is 6.27. The Morgan fingerprint density at radius 3 is 1.12 bits per heavy atom. The Morgan fingerprint density at radius 2 is 0.740 bits per heavy atom. The standard InChI is InChI=1S/2C20H17N5/c2*1-13-7-5-11-17(21-13)23-19-15-9-3-4-10-16(15)20(25-19)24-18-12-6-8-14(2)22-18/h2*3-12H,1-2H3,(H,21,22,23,24,25). The van der Waals surface area contributed by atoms with Crippen molar-refractivity contribution in [3.63, 3.8) is 0 Å². The second-order valence-corrected chi connectivity index (χ2v) is 11.7. The van der Waals surface area contributed by atoms with Crippen LogP contribution < -0.4 is 10.6 Å². The average Bonchev–Trinajstić information content (AvgIpc) is 3.62. The molecule has 0 atom stereocenters. The molecule has 0 spiro atoms. The van der Waals surface area contributed by atoms with Crippen molar-refractivity contribution in [1.82, 2.24) is 19.9 Å². The zero-order valence-corrected chi connectivity index (χ0v) is 28.1. The van der Waals surface area contributed by atoms with E-state index in [1.807, 2.05) is 149 Å². The summed E-state index contributed by atoms with van der Waals surface area (Å²) in [6, 6.07) is 39.3. The summed E-state index contributed by atoms with van der Waals surface area (Å²) in [6.45, 7) is 7.83. The zero-order chi connectivity index (χ0) is 34.5. The number of pyridine rings is 4. The van der Waals surface area contributed by atoms with Gasteiger partial charge in [-0.3, -0.25) is 0 Å². The van der Waals surface area contributed by atoms with Crippen LogP contribution in [0.4, 0.5) is 23.3 Å². The predicted molar refractivity (Wildman–Crippen MR) is 201 cm³/mol. The van der Waals surface area contributed by atoms with E-state index < -0.39 is 0 Å². The minimum atomic E-state index is 0.656. The zero-order valence-electron chi connectivity index (χ0n) is 28.1. The van der Waals surface area contributed by atoms with E-state index in [4.69, 9.17) is 0 Å². The van der Waals surface area contributed by atoms with Gasteiger partial charge in [-0.15, -0.1) is 0 Å². The number of nitrogens with one attached hydrogen (secondary N) is 2. The number of benzene rings is 2. The van der Waals surface area contributed by atoms with Crippen LogP contribution in [0, 0.1) is 27.7 Å². The SMILES string of the molecule is Cc1cccc(/N=C2\N=C(Nc3cccc(C)n3)c3ccccc32)n1.Cc1cccc(/N=C2\N=C(Nc3cccc(C)n3)c3ccccc32)n1. The second kappa shape index (κ2) is 14.2. The maximum atomic E-state index is 4.68. The van der Waals surface area contributed by atoms with Gasteiger partial charge in [-0.25, -0.2) is 39.9 Å². The first-order chi connectivity index (χ1) is 24.4. The lowest BCUT2D eigenvalue weighted by Gasteiger charge is -2.06. The Bertz CT molecular complexity index is 2170. The van der Waals surface area contributed by atoms with Crippen LogP contribution in [0.5, 0.6) is 0 Å². The number of rotatable bonds is 4. The van der Waals surface area contributed by atoms with Crippen LogP contribution >= 0.6 is 0 Å². The molecule has 0 radical (unpaired) electrons. The lowest BCUT2D eigenvalue weighted by molar-refractivity contribution is 1.17. The van der Waals surface area contributed by atoms with E-state index in [0.29, 0.717) is 23.3 Å². The maximum absolute atomic E-state index is 4.68. The van der Waals surface area contributed by atoms with Gasteiger partial charge in [0, 0.05) is 45.0 Å². The van der Waals surface area contributed by atoms with Crippen LogP contribution in [-0.4, -0.2) is 43.3 Å². The molecule has 0 amide bonds. The third-order valence-corrected chi connectivity index (χ3v) is 7.74. The Hall–Kier alpha value is -6.68. The Balaban J connectivity index is 0.000000157. The van der Waals surface area contributed by atoms with E-state index in [9.17, 15) is 0 Å². The number of nitrogens with zero attached hydrogens (tertiary/aromatic N) is 8. The molecule has 50 heavy (non-hydrogen) atoms. The van der Waals surface area contributed by atoms with Gasteiger partial charge in [-0.1, -0.05) is 72.8 Å². The molecule has 2 N–H and O–H groups in total. The normalized spacial score (nSPS) is 14.3. The first kappa shape index (κ1) is 31.9. The van der Waals surface area contributed by atoms with Gasteiger partial charge in [0.2, 0.25) is 0 Å². The number of fused-ring (bicyclic) bond motifs is 2. The fourth-order valence-corrected chi connectivity index (χ4v) is 5.45. The molecule has 4 aromatic heterocycles. The molecule has 244 valence electrons. The van der Waals surface area contributed by atoms with E-state index in [2.05, 4.69) is 50.5 Å². The topological polar surface area (TPSA) is 125 Å². The Kier molecular flexibility index (Phi) is 9.06. The molecule has 6 heterocycles. The maximum Gasteiger partial charge on any atom is 0.164 e. The third kappa shape index (κ3) is 7.39. The largest absolute Gasteiger partial charge is 0.324 e. The van der Waals surface area contributed by atoms with Gasteiger partial charge in [0.05, 0.1) is 0 Å². The van der Waals surface area contributed by atoms with Crippen molar-refractivity contribution in [1.29, 1.82) is 0 Å². The Labute approximate surface area is 290 Å². The van der Waals surface area contributed by atoms with Crippen molar-refractivity contribution >= 4 is 46.6 Å². The number of hydrogen-bond acceptors (Lipinski definition) is 8. The summed E-state index contributed by atoms with van der Waals surface area (Å²) in [5, 5.41) is 6.61. The smallest absolute Gasteiger partial charge is 0.164 e. The molecule has 10 nitrogen and oxygen atoms in total. The lowest BCUT2D eigenvalue weighted by Crippen LogP contribution is -2.12. The van der Waals surface area contributed by atoms with Crippen molar-refractivity contribution in [2.24, 2.45) is 20.0 Å². The first-order valence-corrected chi connectivity index (χ1v) is 16.2. The van der Waals surface area contributed by atoms with E-state index in [-0.39, 0.29) is 0 Å². The molecule has 0 aliphatic carbocycles. The minimum Gasteiger partial charge on any atom is -0.324 e. The fourth-order valence-electron chi connectivity index (χ4n) is 5.45. The number of aryl methyl sites for hydroxylation is 4. The number of amidine groups is 4. The summed E-state index contributed by atoms with van der Waals surface area (Å²) in [5.41, 5.74) is 7.76. The van der Waals surface area contributed by atoms with Crippen molar-refractivity contribution in [3.05, 3.63) is 166 Å². The van der Waals surface area contributed by atoms with E-state index >= 15 is 0 Å². The molecule has 0 bridgehead atoms. The van der Waals surface area contributed by atoms with E-state index in [0.717, 1.165) is 68.3 Å². The predicted octanol–water partition coefficient (Wildman–Crippen LogP) is 8.09. The molecule has 8 rings (SSSR count). The van der Waals surface area contributed by atoms with Crippen molar-refractivity contribution in [2.45, 2.75) is 27.7 Å². The Morgan fingerprint density at radius 1 is 0.380 bits per heavy atom. The summed E-state index contributed by atoms with van der Waals surface area (Å²) in [5.74, 6) is 5.66. The van der Waals surface area contributed by atoms with Crippen LogP contribution in [0.3, 0.4) is 0 Å². The van der Waals surface area contributed by atoms with Gasteiger partial charge in [0.15, 0.2) is 23.3 Å². The van der Waals surface area contributed by atoms with E-state index in [1.54, 1.807) is 0 Å². The summed E-state index contributed by atoms with van der Waals surface area (Å²) in [6.07, 6.45) is 0. The van der Waals surface area contributed by atoms with Crippen LogP contribution in [0.1, 0.15) is 45.0 Å². The molecule has 0 fully saturated rings. The highest BCUT2D eigenvalue weighted by Gasteiger charge is 2.23. The van der Waals surface area contributed by atoms with Crippen LogP contribution in [0.15, 0.2) is 141 Å². The van der Waals surface area contributed by atoms with Gasteiger partial charge in [-0.2, -0.15) is 0 Å². The minimum absolute atomic E-state index is 0.656. The third-order valence-electron chi connectivity index (χ3n) is 7.74. The van der Waals surface area contributed by atoms with Crippen LogP contribution in [0.2, 0.25) is 0 Å². The molecular formula is C40H34N10. The van der Waals surface area contributed by atoms with Crippen molar-refractivity contribution < 1.29 is 0 Å². The fraction of sp³-hybridized carbons (Fsp3) is 0.100. The van der Waals surface area contributed by atoms with Crippen molar-refractivity contribution in [3.8, 4) is 0 Å². The summed E-state index contributed by atoms with van der Waals surface area (Å²) < 4.78 is 0. The van der Waals surface area contributed by atoms with Gasteiger partial charge < -0.3 is 10.6 Å². The molecule has 2 aromatic carbocycles. The number of hydrogen-bond donors (Lipinski definition) is 2. The number of anilines is 2. The molecule has 0 unspecified atom stereocenters. The molecule has 2 aliphatic rings. The number of aliphatic imine (C=N–C) groups is 4. The lowest BCUT2D eigenvalue weighted by atomic mass is 10.1. The second-order valence-electron chi connectivity index (χ2n) is 11.7. The average molecular weight is 655 g/mol. The van der Waals surface area contributed by atoms with Gasteiger partial charge in [0.1, 0.15) is 23.3 Å². The van der Waals surface area contributed by atoms with Crippen molar-refractivity contribution in [2.75, 3.05) is 10.6 Å². The summed E-state index contributed by atoms with van der Waals surface area (Å²) in [7, 11) is 0. The quantitative estimate of drug-likeness (QED) is 0.198. The van der Waals surface area contributed by atoms with Crippen LogP contribution in [0.25, 0.3) is 0 Å². The first-order valence-electron chi connectivity index (χ1n) is 16.2. The number of aromatic nitrogens is 4. The molecule has 10 heteroatoms. The van der Waals surface area contributed by atoms with Gasteiger partial charge >= 0.3 is 0 Å². The van der Waals surface area contributed by atoms with E-state index in [1.165, 1.54) is 0 Å². The van der Waals surface area contributed by atoms with Crippen LogP contribution in [-0.2, 0) is 0 Å². The summed E-state index contributed by atoms with van der Waals surface area (Å²) in [4.78, 5) is 36.5. The molecular weight excluding hydrogens is 621 g/mol. The highest BCUT2D eigenvalue weighted by atomic mass is 15.1. The molecule has 6 aromatic rings. The van der Waals surface area contributed by atoms with Gasteiger partial charge in [-0.05, 0) is 76.2 Å². The summed E-state index contributed by atoms with van der Waals surface area (Å²) >= 11 is 0. The highest BCUT2D eigenvalue weighted by Crippen LogP contribution is 2.24. The molecule has 2 aliphatic heterocycles.